The maximum Gasteiger partial charge on any atom is 0.319 e. The van der Waals surface area contributed by atoms with Crippen LogP contribution < -0.4 is 0 Å². The molecular weight excluding hydrogens is 190 g/mol. The Balaban J connectivity index is 2.52. The first kappa shape index (κ1) is 11.5. The number of hydrogen-bond donors (Lipinski definition) is 0. The number of hydrogen-bond acceptors (Lipinski definition) is 2. The van der Waals surface area contributed by atoms with Gasteiger partial charge < -0.3 is 9.80 Å². The van der Waals surface area contributed by atoms with Crippen molar-refractivity contribution in [3.63, 3.8) is 0 Å². The predicted octanol–water partition coefficient (Wildman–Crippen LogP) is 1.51. The Morgan fingerprint density at radius 1 is 1.60 bits per heavy atom. The van der Waals surface area contributed by atoms with Gasteiger partial charge in [0, 0.05) is 39.6 Å². The first-order valence-electron chi connectivity index (χ1n) is 4.93. The van der Waals surface area contributed by atoms with E-state index in [1.165, 1.54) is 5.57 Å². The fourth-order valence-corrected chi connectivity index (χ4v) is 1.44. The highest BCUT2D eigenvalue weighted by atomic mass is 16.2. The van der Waals surface area contributed by atoms with E-state index in [0.717, 1.165) is 13.0 Å². The van der Waals surface area contributed by atoms with Gasteiger partial charge in [0.15, 0.2) is 0 Å². The minimum atomic E-state index is 0.0612. The van der Waals surface area contributed by atoms with Crippen molar-refractivity contribution < 1.29 is 4.79 Å². The molecule has 0 bridgehead atoms. The lowest BCUT2D eigenvalue weighted by Gasteiger charge is -2.20. The van der Waals surface area contributed by atoms with Gasteiger partial charge in [0.25, 0.3) is 0 Å². The highest BCUT2D eigenvalue weighted by molar-refractivity contribution is 5.74. The number of rotatable bonds is 2. The molecule has 1 aliphatic heterocycles. The van der Waals surface area contributed by atoms with Crippen molar-refractivity contribution in [1.82, 2.24) is 9.80 Å². The van der Waals surface area contributed by atoms with E-state index in [-0.39, 0.29) is 6.03 Å². The third-order valence-corrected chi connectivity index (χ3v) is 2.20. The lowest BCUT2D eigenvalue weighted by atomic mass is 10.3. The van der Waals surface area contributed by atoms with Gasteiger partial charge in [-0.2, -0.15) is 0 Å². The van der Waals surface area contributed by atoms with Crippen LogP contribution in [0.5, 0.6) is 0 Å². The largest absolute Gasteiger partial charge is 0.331 e. The van der Waals surface area contributed by atoms with Gasteiger partial charge in [-0.3, -0.25) is 4.99 Å². The molecule has 0 saturated carbocycles. The number of amides is 2. The van der Waals surface area contributed by atoms with E-state index in [4.69, 9.17) is 0 Å². The van der Waals surface area contributed by atoms with E-state index < -0.39 is 0 Å². The Morgan fingerprint density at radius 2 is 2.33 bits per heavy atom. The summed E-state index contributed by atoms with van der Waals surface area (Å²) in [7, 11) is 3.53. The Morgan fingerprint density at radius 3 is 2.93 bits per heavy atom. The molecule has 0 aromatic heterocycles. The average molecular weight is 207 g/mol. The molecule has 4 heteroatoms. The van der Waals surface area contributed by atoms with Crippen LogP contribution in [0.2, 0.25) is 0 Å². The van der Waals surface area contributed by atoms with Gasteiger partial charge >= 0.3 is 6.03 Å². The Bertz CT molecular complexity index is 305. The third kappa shape index (κ3) is 3.23. The van der Waals surface area contributed by atoms with E-state index in [2.05, 4.69) is 11.6 Å². The standard InChI is InChI=1S/C11H17N3O/c1-4-6-12-8-10-5-7-14(9-10)11(15)13(2)3/h4,6,8H,1,5,7,9H2,2-3H3. The second-order valence-electron chi connectivity index (χ2n) is 3.67. The molecule has 0 aromatic rings. The second-order valence-corrected chi connectivity index (χ2v) is 3.67. The molecule has 1 fully saturated rings. The Kier molecular flexibility index (Phi) is 4.09. The zero-order valence-corrected chi connectivity index (χ0v) is 9.31. The number of nitrogens with zero attached hydrogens (tertiary/aromatic N) is 3. The predicted molar refractivity (Wildman–Crippen MR) is 62.0 cm³/mol. The quantitative estimate of drug-likeness (QED) is 0.632. The van der Waals surface area contributed by atoms with Gasteiger partial charge in [-0.1, -0.05) is 12.7 Å². The molecule has 82 valence electrons. The summed E-state index contributed by atoms with van der Waals surface area (Å²) in [5.74, 6) is 0. The highest BCUT2D eigenvalue weighted by Gasteiger charge is 2.22. The van der Waals surface area contributed by atoms with Crippen molar-refractivity contribution in [1.29, 1.82) is 0 Å². The highest BCUT2D eigenvalue weighted by Crippen LogP contribution is 2.15. The van der Waals surface area contributed by atoms with Gasteiger partial charge in [-0.15, -0.1) is 0 Å². The van der Waals surface area contributed by atoms with Crippen molar-refractivity contribution in [3.8, 4) is 0 Å². The maximum absolute atomic E-state index is 11.6. The van der Waals surface area contributed by atoms with Crippen molar-refractivity contribution in [2.75, 3.05) is 27.2 Å². The van der Waals surface area contributed by atoms with E-state index in [1.54, 1.807) is 31.3 Å². The normalized spacial score (nSPS) is 18.8. The summed E-state index contributed by atoms with van der Waals surface area (Å²) in [6, 6.07) is 0.0612. The van der Waals surface area contributed by atoms with Crippen LogP contribution in [0.15, 0.2) is 29.4 Å². The van der Waals surface area contributed by atoms with Crippen LogP contribution in [0.4, 0.5) is 4.79 Å². The smallest absolute Gasteiger partial charge is 0.319 e. The van der Waals surface area contributed by atoms with Crippen molar-refractivity contribution in [3.05, 3.63) is 24.4 Å². The number of likely N-dealkylation sites (tertiary alicyclic amines) is 1. The first-order valence-corrected chi connectivity index (χ1v) is 4.93. The minimum absolute atomic E-state index is 0.0612. The summed E-state index contributed by atoms with van der Waals surface area (Å²) in [4.78, 5) is 19.1. The van der Waals surface area contributed by atoms with Crippen LogP contribution in [-0.4, -0.2) is 49.2 Å². The van der Waals surface area contributed by atoms with Crippen LogP contribution in [0, 0.1) is 0 Å². The molecule has 1 heterocycles. The summed E-state index contributed by atoms with van der Waals surface area (Å²) >= 11 is 0. The molecule has 1 saturated heterocycles. The van der Waals surface area contributed by atoms with Crippen LogP contribution in [0.3, 0.4) is 0 Å². The summed E-state index contributed by atoms with van der Waals surface area (Å²) in [6.45, 7) is 5.01. The van der Waals surface area contributed by atoms with E-state index in [1.807, 2.05) is 11.1 Å². The number of allylic oxidation sites excluding steroid dienone is 1. The van der Waals surface area contributed by atoms with E-state index in [0.29, 0.717) is 6.54 Å². The van der Waals surface area contributed by atoms with Crippen molar-refractivity contribution >= 4 is 12.2 Å². The summed E-state index contributed by atoms with van der Waals surface area (Å²) in [5, 5.41) is 0. The molecule has 0 atom stereocenters. The monoisotopic (exact) mass is 207 g/mol. The fourth-order valence-electron chi connectivity index (χ4n) is 1.44. The summed E-state index contributed by atoms with van der Waals surface area (Å²) in [6.07, 6.45) is 6.00. The number of urea groups is 1. The molecule has 2 amide bonds. The second kappa shape index (κ2) is 5.34. The van der Waals surface area contributed by atoms with Crippen molar-refractivity contribution in [2.24, 2.45) is 4.99 Å². The number of carbonyl (C=O) groups is 1. The third-order valence-electron chi connectivity index (χ3n) is 2.20. The molecule has 0 unspecified atom stereocenters. The molecule has 4 nitrogen and oxygen atoms in total. The van der Waals surface area contributed by atoms with Gasteiger partial charge in [-0.25, -0.2) is 4.79 Å². The van der Waals surface area contributed by atoms with Crippen LogP contribution in [-0.2, 0) is 0 Å². The molecule has 0 spiro atoms. The van der Waals surface area contributed by atoms with Gasteiger partial charge in [0.05, 0.1) is 0 Å². The lowest BCUT2D eigenvalue weighted by Crippen LogP contribution is -2.37. The van der Waals surface area contributed by atoms with Gasteiger partial charge in [0.2, 0.25) is 0 Å². The SMILES string of the molecule is C=CC=NC=C1CCN(C(=O)N(C)C)C1. The average Bonchev–Trinajstić information content (AvgIpc) is 2.65. The van der Waals surface area contributed by atoms with Crippen molar-refractivity contribution in [2.45, 2.75) is 6.42 Å². The maximum atomic E-state index is 11.6. The molecule has 0 radical (unpaired) electrons. The first-order chi connectivity index (χ1) is 7.15. The molecule has 0 aliphatic carbocycles. The Labute approximate surface area is 90.6 Å². The van der Waals surface area contributed by atoms with Crippen LogP contribution >= 0.6 is 0 Å². The van der Waals surface area contributed by atoms with E-state index in [9.17, 15) is 4.79 Å². The molecule has 0 N–H and O–H groups in total. The van der Waals surface area contributed by atoms with Gasteiger partial charge in [0.1, 0.15) is 0 Å². The molecule has 1 rings (SSSR count). The zero-order valence-electron chi connectivity index (χ0n) is 9.31. The summed E-state index contributed by atoms with van der Waals surface area (Å²) in [5.41, 5.74) is 1.18. The lowest BCUT2D eigenvalue weighted by molar-refractivity contribution is 0.182. The van der Waals surface area contributed by atoms with Crippen LogP contribution in [0.25, 0.3) is 0 Å². The summed E-state index contributed by atoms with van der Waals surface area (Å²) < 4.78 is 0. The van der Waals surface area contributed by atoms with E-state index >= 15 is 0 Å². The topological polar surface area (TPSA) is 35.9 Å². The zero-order chi connectivity index (χ0) is 11.3. The molecular formula is C11H17N3O. The minimum Gasteiger partial charge on any atom is -0.331 e. The number of carbonyl (C=O) groups excluding carboxylic acids is 1. The van der Waals surface area contributed by atoms with Gasteiger partial charge in [-0.05, 0) is 12.0 Å². The van der Waals surface area contributed by atoms with Crippen LogP contribution in [0.1, 0.15) is 6.42 Å². The molecule has 15 heavy (non-hydrogen) atoms. The molecule has 0 aromatic carbocycles. The fraction of sp³-hybridized carbons (Fsp3) is 0.455. The number of aliphatic imine (C=N–C) groups is 1. The molecule has 1 aliphatic rings. The Hall–Kier alpha value is -1.58.